The summed E-state index contributed by atoms with van der Waals surface area (Å²) in [6.07, 6.45) is 11.0. The molecule has 3 aliphatic carbocycles. The molecule has 1 heterocycles. The van der Waals surface area contributed by atoms with E-state index in [1.165, 1.54) is 5.57 Å². The van der Waals surface area contributed by atoms with Crippen molar-refractivity contribution < 1.29 is 14.3 Å². The highest BCUT2D eigenvalue weighted by Gasteiger charge is 2.49. The average molecular weight is 212 g/mol. The fraction of sp³-hybridized carbons (Fsp3) is 0.231. The van der Waals surface area contributed by atoms with Crippen molar-refractivity contribution in [1.82, 2.24) is 0 Å². The van der Waals surface area contributed by atoms with Crippen molar-refractivity contribution in [2.45, 2.75) is 6.42 Å². The highest BCUT2D eigenvalue weighted by Crippen LogP contribution is 2.55. The number of carbonyl (C=O) groups excluding carboxylic acids is 2. The van der Waals surface area contributed by atoms with Gasteiger partial charge in [0, 0.05) is 5.41 Å². The summed E-state index contributed by atoms with van der Waals surface area (Å²) in [4.78, 5) is 23.1. The second kappa shape index (κ2) is 2.26. The SMILES string of the molecule is O=C1OC(=O)C2C=CC34C=CC(=CC3=C12)C4. The number of allylic oxidation sites excluding steroid dienone is 6. The van der Waals surface area contributed by atoms with Crippen molar-refractivity contribution in [3.05, 3.63) is 47.1 Å². The molecule has 0 aromatic carbocycles. The first-order chi connectivity index (χ1) is 7.70. The van der Waals surface area contributed by atoms with Gasteiger partial charge in [-0.25, -0.2) is 4.79 Å². The Hall–Kier alpha value is -1.90. The van der Waals surface area contributed by atoms with E-state index in [9.17, 15) is 9.59 Å². The third-order valence-corrected chi connectivity index (χ3v) is 3.78. The second-order valence-electron chi connectivity index (χ2n) is 4.64. The zero-order valence-corrected chi connectivity index (χ0v) is 8.40. The Balaban J connectivity index is 2.02. The van der Waals surface area contributed by atoms with Gasteiger partial charge in [0.05, 0.1) is 5.57 Å². The van der Waals surface area contributed by atoms with Crippen LogP contribution >= 0.6 is 0 Å². The van der Waals surface area contributed by atoms with Gasteiger partial charge in [0.2, 0.25) is 0 Å². The molecule has 2 atom stereocenters. The summed E-state index contributed by atoms with van der Waals surface area (Å²) in [6, 6.07) is 0. The van der Waals surface area contributed by atoms with Gasteiger partial charge in [-0.3, -0.25) is 4.79 Å². The molecule has 4 rings (SSSR count). The first-order valence-corrected chi connectivity index (χ1v) is 5.29. The van der Waals surface area contributed by atoms with Gasteiger partial charge >= 0.3 is 11.9 Å². The molecule has 0 amide bonds. The first kappa shape index (κ1) is 8.28. The normalized spacial score (nSPS) is 37.8. The maximum Gasteiger partial charge on any atom is 0.343 e. The highest BCUT2D eigenvalue weighted by molar-refractivity contribution is 6.10. The lowest BCUT2D eigenvalue weighted by Gasteiger charge is -2.27. The third-order valence-electron chi connectivity index (χ3n) is 3.78. The maximum atomic E-state index is 11.6. The Morgan fingerprint density at radius 1 is 1.31 bits per heavy atom. The van der Waals surface area contributed by atoms with Gasteiger partial charge in [-0.05, 0) is 17.6 Å². The Kier molecular flexibility index (Phi) is 1.17. The number of hydrogen-bond donors (Lipinski definition) is 0. The van der Waals surface area contributed by atoms with Gasteiger partial charge in [0.25, 0.3) is 0 Å². The molecule has 2 bridgehead atoms. The summed E-state index contributed by atoms with van der Waals surface area (Å²) in [5.41, 5.74) is 2.57. The van der Waals surface area contributed by atoms with E-state index >= 15 is 0 Å². The molecule has 0 N–H and O–H groups in total. The van der Waals surface area contributed by atoms with E-state index in [1.807, 2.05) is 12.2 Å². The Morgan fingerprint density at radius 2 is 2.19 bits per heavy atom. The summed E-state index contributed by atoms with van der Waals surface area (Å²) in [5.74, 6) is -1.38. The molecule has 0 saturated carbocycles. The van der Waals surface area contributed by atoms with Crippen LogP contribution in [0.1, 0.15) is 6.42 Å². The minimum atomic E-state index is -0.474. The number of hydrogen-bond acceptors (Lipinski definition) is 3. The molecule has 4 aliphatic rings. The van der Waals surface area contributed by atoms with Crippen LogP contribution in [-0.2, 0) is 14.3 Å². The summed E-state index contributed by atoms with van der Waals surface area (Å²) >= 11 is 0. The molecule has 2 unspecified atom stereocenters. The van der Waals surface area contributed by atoms with E-state index in [0.29, 0.717) is 5.57 Å². The molecule has 78 valence electrons. The zero-order chi connectivity index (χ0) is 10.9. The molecule has 0 aromatic rings. The van der Waals surface area contributed by atoms with Crippen molar-refractivity contribution >= 4 is 11.9 Å². The minimum Gasteiger partial charge on any atom is -0.389 e. The van der Waals surface area contributed by atoms with Crippen LogP contribution in [-0.4, -0.2) is 11.9 Å². The van der Waals surface area contributed by atoms with E-state index in [4.69, 9.17) is 0 Å². The van der Waals surface area contributed by atoms with Crippen molar-refractivity contribution in [1.29, 1.82) is 0 Å². The second-order valence-corrected chi connectivity index (χ2v) is 4.64. The van der Waals surface area contributed by atoms with Crippen LogP contribution in [0.5, 0.6) is 0 Å². The van der Waals surface area contributed by atoms with Crippen LogP contribution in [0.25, 0.3) is 0 Å². The molecule has 16 heavy (non-hydrogen) atoms. The standard InChI is InChI=1S/C13H8O3/c14-11-8-2-4-13-3-1-7(6-13)5-9(13)10(8)12(15)16-11/h1-5,8H,6H2. The maximum absolute atomic E-state index is 11.6. The molecular formula is C13H8O3. The Bertz CT molecular complexity index is 574. The van der Waals surface area contributed by atoms with Gasteiger partial charge in [-0.2, -0.15) is 0 Å². The Morgan fingerprint density at radius 3 is 3.00 bits per heavy atom. The highest BCUT2D eigenvalue weighted by atomic mass is 16.6. The quantitative estimate of drug-likeness (QED) is 0.346. The molecule has 1 fully saturated rings. The van der Waals surface area contributed by atoms with Crippen molar-refractivity contribution in [2.24, 2.45) is 11.3 Å². The average Bonchev–Trinajstić information content (AvgIpc) is 2.88. The number of rotatable bonds is 0. The van der Waals surface area contributed by atoms with Crippen LogP contribution in [0.3, 0.4) is 0 Å². The smallest absolute Gasteiger partial charge is 0.343 e. The van der Waals surface area contributed by atoms with Crippen molar-refractivity contribution in [3.8, 4) is 0 Å². The Labute approximate surface area is 91.8 Å². The number of fused-ring (bicyclic) bond motifs is 2. The fourth-order valence-corrected chi connectivity index (χ4v) is 3.02. The minimum absolute atomic E-state index is 0.162. The van der Waals surface area contributed by atoms with Gasteiger partial charge in [-0.15, -0.1) is 0 Å². The van der Waals surface area contributed by atoms with E-state index in [-0.39, 0.29) is 5.41 Å². The van der Waals surface area contributed by atoms with Crippen LogP contribution in [0.2, 0.25) is 0 Å². The topological polar surface area (TPSA) is 43.4 Å². The van der Waals surface area contributed by atoms with Gasteiger partial charge < -0.3 is 4.74 Å². The lowest BCUT2D eigenvalue weighted by Crippen LogP contribution is -2.22. The van der Waals surface area contributed by atoms with Gasteiger partial charge in [0.1, 0.15) is 5.92 Å². The van der Waals surface area contributed by atoms with Gasteiger partial charge in [-0.1, -0.05) is 30.4 Å². The predicted molar refractivity (Wildman–Crippen MR) is 55.0 cm³/mol. The third kappa shape index (κ3) is 0.733. The first-order valence-electron chi connectivity index (χ1n) is 5.29. The lowest BCUT2D eigenvalue weighted by molar-refractivity contribution is -0.152. The van der Waals surface area contributed by atoms with Crippen LogP contribution in [0.15, 0.2) is 47.1 Å². The summed E-state index contributed by atoms with van der Waals surface area (Å²) in [6.45, 7) is 0. The van der Waals surface area contributed by atoms with Crippen molar-refractivity contribution in [3.63, 3.8) is 0 Å². The van der Waals surface area contributed by atoms with Crippen LogP contribution in [0, 0.1) is 11.3 Å². The molecular weight excluding hydrogens is 204 g/mol. The zero-order valence-electron chi connectivity index (χ0n) is 8.40. The lowest BCUT2D eigenvalue weighted by atomic mass is 9.73. The van der Waals surface area contributed by atoms with E-state index in [1.54, 1.807) is 6.08 Å². The van der Waals surface area contributed by atoms with Crippen molar-refractivity contribution in [2.75, 3.05) is 0 Å². The molecule has 1 spiro atoms. The molecule has 0 radical (unpaired) electrons. The molecule has 3 heteroatoms. The largest absolute Gasteiger partial charge is 0.389 e. The van der Waals surface area contributed by atoms with Crippen LogP contribution in [0.4, 0.5) is 0 Å². The van der Waals surface area contributed by atoms with Gasteiger partial charge in [0.15, 0.2) is 0 Å². The molecule has 3 nitrogen and oxygen atoms in total. The molecule has 1 saturated heterocycles. The molecule has 1 aliphatic heterocycles. The van der Waals surface area contributed by atoms with Crippen LogP contribution < -0.4 is 0 Å². The van der Waals surface area contributed by atoms with E-state index in [2.05, 4.69) is 16.9 Å². The summed E-state index contributed by atoms with van der Waals surface area (Å²) in [7, 11) is 0. The summed E-state index contributed by atoms with van der Waals surface area (Å²) in [5, 5.41) is 0. The fourth-order valence-electron chi connectivity index (χ4n) is 3.02. The number of carbonyl (C=O) groups is 2. The molecule has 0 aromatic heterocycles. The van der Waals surface area contributed by atoms with E-state index in [0.717, 1.165) is 12.0 Å². The number of ether oxygens (including phenoxy) is 1. The number of esters is 2. The van der Waals surface area contributed by atoms with E-state index < -0.39 is 17.9 Å². The summed E-state index contributed by atoms with van der Waals surface area (Å²) < 4.78 is 4.68. The predicted octanol–water partition coefficient (Wildman–Crippen LogP) is 1.44. The number of cyclic esters (lactones) is 2. The monoisotopic (exact) mass is 212 g/mol.